The summed E-state index contributed by atoms with van der Waals surface area (Å²) in [7, 11) is 0. The van der Waals surface area contributed by atoms with E-state index in [4.69, 9.17) is 11.6 Å². The maximum atomic E-state index is 14.4. The van der Waals surface area contributed by atoms with Crippen LogP contribution in [0.2, 0.25) is 4.34 Å². The molecule has 2 aromatic heterocycles. The molecule has 0 aliphatic heterocycles. The topological polar surface area (TPSA) is 56.5 Å². The summed E-state index contributed by atoms with van der Waals surface area (Å²) < 4.78 is 20.7. The lowest BCUT2D eigenvalue weighted by Crippen LogP contribution is -2.06. The summed E-state index contributed by atoms with van der Waals surface area (Å²) in [6.45, 7) is 0.631. The number of aryl methyl sites for hydroxylation is 1. The van der Waals surface area contributed by atoms with Gasteiger partial charge in [0.25, 0.3) is 0 Å². The van der Waals surface area contributed by atoms with Gasteiger partial charge in [-0.1, -0.05) is 70.3 Å². The van der Waals surface area contributed by atoms with Crippen molar-refractivity contribution in [1.82, 2.24) is 24.4 Å². The Morgan fingerprint density at radius 1 is 1.00 bits per heavy atom. The van der Waals surface area contributed by atoms with Crippen LogP contribution in [-0.4, -0.2) is 24.4 Å². The lowest BCUT2D eigenvalue weighted by Gasteiger charge is -2.10. The molecule has 5 nitrogen and oxygen atoms in total. The first kappa shape index (κ1) is 19.0. The molecule has 0 fully saturated rings. The van der Waals surface area contributed by atoms with Gasteiger partial charge >= 0.3 is 0 Å². The van der Waals surface area contributed by atoms with Crippen molar-refractivity contribution in [2.75, 3.05) is 0 Å². The van der Waals surface area contributed by atoms with Crippen molar-refractivity contribution in [2.45, 2.75) is 23.9 Å². The molecular weight excluding hydrogens is 417 g/mol. The van der Waals surface area contributed by atoms with E-state index in [1.807, 2.05) is 22.8 Å². The molecule has 2 aromatic carbocycles. The molecule has 0 amide bonds. The van der Waals surface area contributed by atoms with E-state index in [0.29, 0.717) is 38.9 Å². The minimum absolute atomic E-state index is 0.320. The van der Waals surface area contributed by atoms with E-state index in [9.17, 15) is 4.39 Å². The van der Waals surface area contributed by atoms with E-state index in [1.165, 1.54) is 23.4 Å². The predicted molar refractivity (Wildman–Crippen MR) is 110 cm³/mol. The molecule has 0 spiro atoms. The monoisotopic (exact) mass is 431 g/mol. The fourth-order valence-corrected chi connectivity index (χ4v) is 4.44. The number of halogens is 2. The Bertz CT molecular complexity index is 1070. The van der Waals surface area contributed by atoms with Gasteiger partial charge in [-0.2, -0.15) is 0 Å². The molecule has 9 heteroatoms. The first-order valence-electron chi connectivity index (χ1n) is 8.54. The summed E-state index contributed by atoms with van der Waals surface area (Å²) in [6.07, 6.45) is 0.785. The number of nitrogens with zero attached hydrogens (tertiary/aromatic N) is 5. The van der Waals surface area contributed by atoms with Crippen LogP contribution in [0.25, 0.3) is 11.4 Å². The Balaban J connectivity index is 1.63. The van der Waals surface area contributed by atoms with E-state index in [1.54, 1.807) is 18.2 Å². The van der Waals surface area contributed by atoms with Crippen LogP contribution < -0.4 is 0 Å². The van der Waals surface area contributed by atoms with E-state index >= 15 is 0 Å². The average molecular weight is 432 g/mol. The van der Waals surface area contributed by atoms with Crippen LogP contribution in [0.15, 0.2) is 59.8 Å². The van der Waals surface area contributed by atoms with Gasteiger partial charge in [-0.05, 0) is 24.1 Å². The fraction of sp³-hybridized carbons (Fsp3) is 0.158. The van der Waals surface area contributed by atoms with Crippen LogP contribution in [0.4, 0.5) is 4.39 Å². The van der Waals surface area contributed by atoms with Crippen LogP contribution in [-0.2, 0) is 18.7 Å². The molecule has 28 heavy (non-hydrogen) atoms. The number of hydrogen-bond donors (Lipinski definition) is 0. The second-order valence-corrected chi connectivity index (χ2v) is 8.25. The molecule has 0 radical (unpaired) electrons. The molecular formula is C19H15ClFN5S2. The maximum absolute atomic E-state index is 14.4. The highest BCUT2D eigenvalue weighted by Crippen LogP contribution is 2.30. The van der Waals surface area contributed by atoms with Gasteiger partial charge < -0.3 is 4.57 Å². The summed E-state index contributed by atoms with van der Waals surface area (Å²) >= 11 is 8.71. The van der Waals surface area contributed by atoms with Gasteiger partial charge in [-0.3, -0.25) is 0 Å². The molecule has 0 unspecified atom stereocenters. The lowest BCUT2D eigenvalue weighted by molar-refractivity contribution is 0.616. The highest BCUT2D eigenvalue weighted by molar-refractivity contribution is 7.98. The zero-order chi connectivity index (χ0) is 19.3. The maximum Gasteiger partial charge on any atom is 0.191 e. The minimum Gasteiger partial charge on any atom is -0.302 e. The van der Waals surface area contributed by atoms with Crippen molar-refractivity contribution >= 4 is 34.9 Å². The Morgan fingerprint density at radius 2 is 1.79 bits per heavy atom. The van der Waals surface area contributed by atoms with Crippen molar-refractivity contribution < 1.29 is 4.39 Å². The quantitative estimate of drug-likeness (QED) is 0.380. The first-order valence-corrected chi connectivity index (χ1v) is 10.7. The van der Waals surface area contributed by atoms with Crippen molar-refractivity contribution in [2.24, 2.45) is 0 Å². The fourth-order valence-electron chi connectivity index (χ4n) is 2.74. The highest BCUT2D eigenvalue weighted by atomic mass is 35.5. The number of benzene rings is 2. The normalized spacial score (nSPS) is 11.1. The van der Waals surface area contributed by atoms with Crippen LogP contribution in [0.5, 0.6) is 0 Å². The van der Waals surface area contributed by atoms with E-state index in [2.05, 4.69) is 31.9 Å². The molecule has 2 heterocycles. The summed E-state index contributed by atoms with van der Waals surface area (Å²) in [4.78, 5) is 0. The van der Waals surface area contributed by atoms with Gasteiger partial charge in [0, 0.05) is 23.8 Å². The predicted octanol–water partition coefficient (Wildman–Crippen LogP) is 5.12. The van der Waals surface area contributed by atoms with Crippen LogP contribution >= 0.6 is 34.9 Å². The third-order valence-corrected chi connectivity index (χ3v) is 6.11. The first-order chi connectivity index (χ1) is 13.7. The van der Waals surface area contributed by atoms with Gasteiger partial charge in [-0.15, -0.1) is 15.3 Å². The summed E-state index contributed by atoms with van der Waals surface area (Å²) in [6, 6.07) is 16.7. The summed E-state index contributed by atoms with van der Waals surface area (Å²) in [5, 5.41) is 13.3. The van der Waals surface area contributed by atoms with Crippen molar-refractivity contribution in [1.29, 1.82) is 0 Å². The van der Waals surface area contributed by atoms with Gasteiger partial charge in [0.2, 0.25) is 0 Å². The van der Waals surface area contributed by atoms with Crippen LogP contribution in [0.1, 0.15) is 11.3 Å². The Kier molecular flexibility index (Phi) is 5.99. The Labute approximate surface area is 174 Å². The molecule has 0 saturated heterocycles. The summed E-state index contributed by atoms with van der Waals surface area (Å²) in [5.41, 5.74) is 2.34. The molecule has 0 N–H and O–H groups in total. The van der Waals surface area contributed by atoms with Crippen LogP contribution in [0, 0.1) is 5.82 Å². The minimum atomic E-state index is -0.320. The molecule has 0 aliphatic rings. The van der Waals surface area contributed by atoms with Crippen molar-refractivity contribution in [3.05, 3.63) is 76.0 Å². The molecule has 4 rings (SSSR count). The van der Waals surface area contributed by atoms with E-state index in [-0.39, 0.29) is 5.82 Å². The highest BCUT2D eigenvalue weighted by Gasteiger charge is 2.18. The molecule has 0 atom stereocenters. The number of thioether (sulfide) groups is 1. The zero-order valence-corrected chi connectivity index (χ0v) is 17.0. The molecule has 0 bridgehead atoms. The zero-order valence-electron chi connectivity index (χ0n) is 14.6. The van der Waals surface area contributed by atoms with Crippen LogP contribution in [0.3, 0.4) is 0 Å². The third-order valence-electron chi connectivity index (χ3n) is 4.15. The number of rotatable bonds is 7. The smallest absolute Gasteiger partial charge is 0.191 e. The standard InChI is InChI=1S/C19H15ClFN5S2/c20-17-16(22-25-28-17)12-27-19-24-23-18(14-8-4-5-9-15(14)21)26(19)11-10-13-6-2-1-3-7-13/h1-9H,10-12H2. The molecule has 0 saturated carbocycles. The van der Waals surface area contributed by atoms with Gasteiger partial charge in [-0.25, -0.2) is 4.39 Å². The van der Waals surface area contributed by atoms with E-state index in [0.717, 1.165) is 18.0 Å². The molecule has 0 aliphatic carbocycles. The second kappa shape index (κ2) is 8.81. The molecule has 4 aromatic rings. The van der Waals surface area contributed by atoms with Crippen molar-refractivity contribution in [3.63, 3.8) is 0 Å². The lowest BCUT2D eigenvalue weighted by atomic mass is 10.1. The number of hydrogen-bond acceptors (Lipinski definition) is 6. The Morgan fingerprint density at radius 3 is 2.54 bits per heavy atom. The van der Waals surface area contributed by atoms with Crippen molar-refractivity contribution in [3.8, 4) is 11.4 Å². The van der Waals surface area contributed by atoms with E-state index < -0.39 is 0 Å². The Hall–Kier alpha value is -2.29. The molecule has 142 valence electrons. The van der Waals surface area contributed by atoms with Gasteiger partial charge in [0.1, 0.15) is 15.8 Å². The average Bonchev–Trinajstić information content (AvgIpc) is 3.31. The van der Waals surface area contributed by atoms with Gasteiger partial charge in [0.15, 0.2) is 11.0 Å². The SMILES string of the molecule is Fc1ccccc1-c1nnc(SCc2nnsc2Cl)n1CCc1ccccc1. The third kappa shape index (κ3) is 4.24. The number of aromatic nitrogens is 5. The summed E-state index contributed by atoms with van der Waals surface area (Å²) in [5.74, 6) is 0.717. The second-order valence-electron chi connectivity index (χ2n) is 5.96. The van der Waals surface area contributed by atoms with Gasteiger partial charge in [0.05, 0.1) is 5.56 Å². The largest absolute Gasteiger partial charge is 0.302 e.